The van der Waals surface area contributed by atoms with Gasteiger partial charge in [-0.25, -0.2) is 12.8 Å². The van der Waals surface area contributed by atoms with Crippen LogP contribution in [0.3, 0.4) is 0 Å². The van der Waals surface area contributed by atoms with Crippen molar-refractivity contribution in [2.45, 2.75) is 45.8 Å². The highest BCUT2D eigenvalue weighted by atomic mass is 32.2. The molecule has 0 fully saturated rings. The van der Waals surface area contributed by atoms with Crippen LogP contribution in [0.25, 0.3) is 0 Å². The number of carbonyl (C=O) groups excluding carboxylic acids is 2. The third kappa shape index (κ3) is 7.64. The highest BCUT2D eigenvalue weighted by molar-refractivity contribution is 7.92. The monoisotopic (exact) mass is 539 g/mol. The van der Waals surface area contributed by atoms with Gasteiger partial charge < -0.3 is 10.2 Å². The molecule has 202 valence electrons. The van der Waals surface area contributed by atoms with E-state index in [1.54, 1.807) is 0 Å². The van der Waals surface area contributed by atoms with Crippen molar-refractivity contribution in [3.05, 3.63) is 101 Å². The zero-order valence-electron chi connectivity index (χ0n) is 22.1. The summed E-state index contributed by atoms with van der Waals surface area (Å²) in [6, 6.07) is 21.1. The fourth-order valence-electron chi connectivity index (χ4n) is 4.15. The fourth-order valence-corrected chi connectivity index (χ4v) is 5.00. The summed E-state index contributed by atoms with van der Waals surface area (Å²) in [6.45, 7) is 4.97. The molecule has 0 aliphatic carbocycles. The van der Waals surface area contributed by atoms with E-state index in [2.05, 4.69) is 5.32 Å². The molecule has 9 heteroatoms. The van der Waals surface area contributed by atoms with Crippen LogP contribution in [0, 0.1) is 12.7 Å². The number of aryl methyl sites for hydroxylation is 1. The fraction of sp³-hybridized carbons (Fsp3) is 0.310. The number of amides is 2. The molecule has 2 amide bonds. The van der Waals surface area contributed by atoms with E-state index < -0.39 is 34.3 Å². The molecule has 0 aliphatic heterocycles. The molecule has 1 unspecified atom stereocenters. The van der Waals surface area contributed by atoms with Gasteiger partial charge in [0.2, 0.25) is 21.8 Å². The number of para-hydroxylation sites is 1. The Morgan fingerprint density at radius 3 is 2.13 bits per heavy atom. The Morgan fingerprint density at radius 2 is 1.53 bits per heavy atom. The number of anilines is 1. The summed E-state index contributed by atoms with van der Waals surface area (Å²) in [7, 11) is -4.03. The molecule has 3 rings (SSSR count). The minimum absolute atomic E-state index is 0.0728. The molecular weight excluding hydrogens is 505 g/mol. The van der Waals surface area contributed by atoms with Crippen LogP contribution in [0.5, 0.6) is 0 Å². The molecule has 0 saturated carbocycles. The maximum atomic E-state index is 14.6. The summed E-state index contributed by atoms with van der Waals surface area (Å²) in [6.07, 6.45) is 1.14. The lowest BCUT2D eigenvalue weighted by Crippen LogP contribution is -2.54. The summed E-state index contributed by atoms with van der Waals surface area (Å²) in [5.74, 6) is -1.75. The number of sulfonamides is 1. The van der Waals surface area contributed by atoms with Gasteiger partial charge in [-0.05, 0) is 49.6 Å². The molecule has 1 atom stereocenters. The number of hydrogen-bond donors (Lipinski definition) is 1. The molecule has 0 saturated heterocycles. The highest BCUT2D eigenvalue weighted by Gasteiger charge is 2.34. The number of rotatable bonds is 11. The maximum absolute atomic E-state index is 14.6. The lowest BCUT2D eigenvalue weighted by molar-refractivity contribution is -0.140. The second-order valence-electron chi connectivity index (χ2n) is 9.54. The van der Waals surface area contributed by atoms with Crippen LogP contribution < -0.4 is 9.62 Å². The topological polar surface area (TPSA) is 86.8 Å². The van der Waals surface area contributed by atoms with E-state index in [0.717, 1.165) is 33.3 Å². The standard InChI is InChI=1S/C29H34FN3O4S/c1-21(2)31-29(35)27(18-23-13-6-5-7-14-23)32(19-24-15-9-8-12-22(24)3)28(34)20-33(38(4,36)37)26-17-11-10-16-25(26)30/h5-17,21,27H,18-20H2,1-4H3,(H,31,35). The van der Waals surface area contributed by atoms with E-state index in [4.69, 9.17) is 0 Å². The van der Waals surface area contributed by atoms with Gasteiger partial charge in [0.05, 0.1) is 11.9 Å². The van der Waals surface area contributed by atoms with Crippen molar-refractivity contribution in [1.82, 2.24) is 10.2 Å². The summed E-state index contributed by atoms with van der Waals surface area (Å²) in [5, 5.41) is 2.90. The van der Waals surface area contributed by atoms with E-state index in [1.807, 2.05) is 75.4 Å². The van der Waals surface area contributed by atoms with E-state index in [0.29, 0.717) is 0 Å². The van der Waals surface area contributed by atoms with Crippen LogP contribution in [0.4, 0.5) is 10.1 Å². The first-order chi connectivity index (χ1) is 18.0. The molecule has 0 spiro atoms. The van der Waals surface area contributed by atoms with Gasteiger partial charge in [-0.2, -0.15) is 0 Å². The largest absolute Gasteiger partial charge is 0.352 e. The highest BCUT2D eigenvalue weighted by Crippen LogP contribution is 2.23. The van der Waals surface area contributed by atoms with Gasteiger partial charge in [-0.1, -0.05) is 66.7 Å². The minimum atomic E-state index is -4.03. The summed E-state index contributed by atoms with van der Waals surface area (Å²) in [5.41, 5.74) is 2.34. The number of benzene rings is 3. The summed E-state index contributed by atoms with van der Waals surface area (Å²) in [4.78, 5) is 28.8. The first-order valence-electron chi connectivity index (χ1n) is 12.4. The zero-order valence-corrected chi connectivity index (χ0v) is 22.9. The molecule has 0 bridgehead atoms. The lowest BCUT2D eigenvalue weighted by atomic mass is 10.0. The first kappa shape index (κ1) is 28.8. The minimum Gasteiger partial charge on any atom is -0.352 e. The Labute approximate surface area is 224 Å². The quantitative estimate of drug-likeness (QED) is 0.398. The molecule has 0 aromatic heterocycles. The third-order valence-corrected chi connectivity index (χ3v) is 7.23. The normalized spacial score (nSPS) is 12.2. The second-order valence-corrected chi connectivity index (χ2v) is 11.4. The molecule has 0 heterocycles. The predicted molar refractivity (Wildman–Crippen MR) is 148 cm³/mol. The number of carbonyl (C=O) groups is 2. The van der Waals surface area contributed by atoms with E-state index in [1.165, 1.54) is 23.1 Å². The maximum Gasteiger partial charge on any atom is 0.244 e. The number of hydrogen-bond acceptors (Lipinski definition) is 4. The Bertz CT molecular complexity index is 1360. The van der Waals surface area contributed by atoms with E-state index in [9.17, 15) is 22.4 Å². The molecule has 38 heavy (non-hydrogen) atoms. The van der Waals surface area contributed by atoms with Crippen molar-refractivity contribution in [3.63, 3.8) is 0 Å². The Kier molecular flexibility index (Phi) is 9.63. The molecule has 3 aromatic rings. The Hall–Kier alpha value is -3.72. The number of halogens is 1. The van der Waals surface area contributed by atoms with Crippen LogP contribution in [-0.2, 0) is 32.6 Å². The summed E-state index contributed by atoms with van der Waals surface area (Å²) < 4.78 is 40.8. The smallest absolute Gasteiger partial charge is 0.244 e. The van der Waals surface area contributed by atoms with Crippen LogP contribution in [0.1, 0.15) is 30.5 Å². The number of nitrogens with one attached hydrogen (secondary N) is 1. The van der Waals surface area contributed by atoms with Gasteiger partial charge in [-0.3, -0.25) is 13.9 Å². The average molecular weight is 540 g/mol. The van der Waals surface area contributed by atoms with Crippen LogP contribution in [0.2, 0.25) is 0 Å². The first-order valence-corrected chi connectivity index (χ1v) is 14.2. The van der Waals surface area contributed by atoms with Crippen molar-refractivity contribution in [1.29, 1.82) is 0 Å². The van der Waals surface area contributed by atoms with Crippen LogP contribution >= 0.6 is 0 Å². The SMILES string of the molecule is Cc1ccccc1CN(C(=O)CN(c1ccccc1F)S(C)(=O)=O)C(Cc1ccccc1)C(=O)NC(C)C. The van der Waals surface area contributed by atoms with Gasteiger partial charge in [0.25, 0.3) is 0 Å². The number of nitrogens with zero attached hydrogens (tertiary/aromatic N) is 2. The average Bonchev–Trinajstić information content (AvgIpc) is 2.85. The molecule has 7 nitrogen and oxygen atoms in total. The molecular formula is C29H34FN3O4S. The van der Waals surface area contributed by atoms with E-state index >= 15 is 0 Å². The van der Waals surface area contributed by atoms with Crippen molar-refractivity contribution in [3.8, 4) is 0 Å². The van der Waals surface area contributed by atoms with Gasteiger partial charge >= 0.3 is 0 Å². The molecule has 0 aliphatic rings. The van der Waals surface area contributed by atoms with Crippen molar-refractivity contribution in [2.24, 2.45) is 0 Å². The Morgan fingerprint density at radius 1 is 0.921 bits per heavy atom. The molecule has 0 radical (unpaired) electrons. The predicted octanol–water partition coefficient (Wildman–Crippen LogP) is 4.06. The Balaban J connectivity index is 2.08. The van der Waals surface area contributed by atoms with Crippen molar-refractivity contribution >= 4 is 27.5 Å². The van der Waals surface area contributed by atoms with Gasteiger partial charge in [-0.15, -0.1) is 0 Å². The third-order valence-electron chi connectivity index (χ3n) is 6.10. The van der Waals surface area contributed by atoms with Gasteiger partial charge in [0, 0.05) is 19.0 Å². The van der Waals surface area contributed by atoms with Crippen molar-refractivity contribution in [2.75, 3.05) is 17.1 Å². The summed E-state index contributed by atoms with van der Waals surface area (Å²) >= 11 is 0. The van der Waals surface area contributed by atoms with Crippen molar-refractivity contribution < 1.29 is 22.4 Å². The van der Waals surface area contributed by atoms with Crippen LogP contribution in [-0.4, -0.2) is 50.0 Å². The van der Waals surface area contributed by atoms with E-state index in [-0.39, 0.29) is 30.6 Å². The molecule has 1 N–H and O–H groups in total. The van der Waals surface area contributed by atoms with Crippen LogP contribution in [0.15, 0.2) is 78.9 Å². The zero-order chi connectivity index (χ0) is 27.9. The second kappa shape index (κ2) is 12.7. The molecule has 3 aromatic carbocycles. The lowest BCUT2D eigenvalue weighted by Gasteiger charge is -2.34. The van der Waals surface area contributed by atoms with Gasteiger partial charge in [0.1, 0.15) is 18.4 Å². The van der Waals surface area contributed by atoms with Gasteiger partial charge in [0.15, 0.2) is 0 Å².